The number of unbranched alkanes of at least 4 members (excludes halogenated alkanes) is 1. The van der Waals surface area contributed by atoms with Crippen molar-refractivity contribution < 1.29 is 9.59 Å². The fourth-order valence-electron chi connectivity index (χ4n) is 2.76. The van der Waals surface area contributed by atoms with Crippen LogP contribution < -0.4 is 10.6 Å². The molecule has 1 rings (SSSR count). The summed E-state index contributed by atoms with van der Waals surface area (Å²) in [5.41, 5.74) is 3.16. The molecule has 0 heterocycles. The Morgan fingerprint density at radius 1 is 1.29 bits per heavy atom. The quantitative estimate of drug-likeness (QED) is 0.193. The molecule has 0 saturated carbocycles. The molecular formula is C23H33BrN2O2. The monoisotopic (exact) mass is 448 g/mol. The molecule has 0 aromatic carbocycles. The van der Waals surface area contributed by atoms with E-state index in [2.05, 4.69) is 64.7 Å². The van der Waals surface area contributed by atoms with Gasteiger partial charge in [-0.3, -0.25) is 0 Å². The summed E-state index contributed by atoms with van der Waals surface area (Å²) in [6.45, 7) is 4.79. The predicted molar refractivity (Wildman–Crippen MR) is 121 cm³/mol. The molecule has 0 saturated heterocycles. The minimum absolute atomic E-state index is 0.269. The second-order valence-electron chi connectivity index (χ2n) is 6.82. The Hall–Kier alpha value is -1.88. The van der Waals surface area contributed by atoms with Gasteiger partial charge < -0.3 is 15.4 Å². The van der Waals surface area contributed by atoms with Crippen LogP contribution in [0, 0.1) is 5.92 Å². The third-order valence-electron chi connectivity index (χ3n) is 4.44. The highest BCUT2D eigenvalue weighted by Gasteiger charge is 2.13. The van der Waals surface area contributed by atoms with Crippen molar-refractivity contribution in [1.82, 2.24) is 10.6 Å². The summed E-state index contributed by atoms with van der Waals surface area (Å²) in [5.74, 6) is -0.424. The highest BCUT2D eigenvalue weighted by atomic mass is 79.9. The number of nitrogens with one attached hydrogen (secondary N) is 2. The van der Waals surface area contributed by atoms with Gasteiger partial charge in [-0.15, -0.1) is 0 Å². The Morgan fingerprint density at radius 2 is 2.11 bits per heavy atom. The van der Waals surface area contributed by atoms with E-state index in [0.717, 1.165) is 43.7 Å². The Balaban J connectivity index is 2.49. The zero-order valence-corrected chi connectivity index (χ0v) is 18.6. The van der Waals surface area contributed by atoms with Crippen molar-refractivity contribution in [2.24, 2.45) is 5.92 Å². The standard InChI is InChI=1S/C23H33BrN2O2/c1-3-4-5-6-7-10-19(2)15-16-25-23(28)26-22-14-9-12-20(17-24)11-8-13-21(22)18-27/h4-5,8,10,12-14,18,21H,3,6-7,9,11,15-17H2,1-2H3,(H2,25,26,28)/b5-4-,13-8-,19-10-,20-12+,22-14+. The smallest absolute Gasteiger partial charge is 0.319 e. The molecule has 0 aromatic heterocycles. The first-order valence-corrected chi connectivity index (χ1v) is 11.1. The van der Waals surface area contributed by atoms with Crippen molar-refractivity contribution in [3.63, 3.8) is 0 Å². The molecule has 0 bridgehead atoms. The van der Waals surface area contributed by atoms with E-state index in [-0.39, 0.29) is 6.03 Å². The van der Waals surface area contributed by atoms with Crippen molar-refractivity contribution in [2.75, 3.05) is 11.9 Å². The highest BCUT2D eigenvalue weighted by Crippen LogP contribution is 2.16. The SMILES string of the molecule is CC/C=C\CC/C=C(/C)CCNC(=O)N/C1=C/C/C=C(/CBr)C/C=C\C1C=O. The summed E-state index contributed by atoms with van der Waals surface area (Å²) in [7, 11) is 0. The fraction of sp³-hybridized carbons (Fsp3) is 0.478. The van der Waals surface area contributed by atoms with Crippen LogP contribution in [0.4, 0.5) is 4.79 Å². The molecule has 2 N–H and O–H groups in total. The summed E-state index contributed by atoms with van der Waals surface area (Å²) in [5, 5.41) is 6.53. The van der Waals surface area contributed by atoms with Crippen LogP contribution in [-0.2, 0) is 4.79 Å². The lowest BCUT2D eigenvalue weighted by molar-refractivity contribution is -0.109. The fourth-order valence-corrected chi connectivity index (χ4v) is 3.22. The van der Waals surface area contributed by atoms with Crippen molar-refractivity contribution in [2.45, 2.75) is 52.4 Å². The second kappa shape index (κ2) is 15.1. The zero-order chi connectivity index (χ0) is 20.6. The van der Waals surface area contributed by atoms with Gasteiger partial charge in [0.25, 0.3) is 0 Å². The number of hydrogen-bond acceptors (Lipinski definition) is 2. The van der Waals surface area contributed by atoms with Gasteiger partial charge in [0.15, 0.2) is 0 Å². The number of carbonyl (C=O) groups excluding carboxylic acids is 2. The topological polar surface area (TPSA) is 58.2 Å². The number of halogens is 1. The lowest BCUT2D eigenvalue weighted by Crippen LogP contribution is -2.37. The van der Waals surface area contributed by atoms with Crippen LogP contribution in [0.1, 0.15) is 52.4 Å². The Morgan fingerprint density at radius 3 is 2.82 bits per heavy atom. The van der Waals surface area contributed by atoms with Gasteiger partial charge in [-0.2, -0.15) is 0 Å². The molecule has 4 nitrogen and oxygen atoms in total. The third-order valence-corrected chi connectivity index (χ3v) is 5.16. The number of rotatable bonds is 10. The van der Waals surface area contributed by atoms with Gasteiger partial charge in [-0.1, -0.05) is 76.5 Å². The molecule has 154 valence electrons. The third kappa shape index (κ3) is 10.5. The van der Waals surface area contributed by atoms with E-state index in [1.807, 2.05) is 18.2 Å². The number of hydrogen-bond donors (Lipinski definition) is 2. The summed E-state index contributed by atoms with van der Waals surface area (Å²) in [6.07, 6.45) is 20.8. The molecular weight excluding hydrogens is 416 g/mol. The van der Waals surface area contributed by atoms with Crippen molar-refractivity contribution in [3.8, 4) is 0 Å². The van der Waals surface area contributed by atoms with Crippen LogP contribution in [0.15, 0.2) is 59.4 Å². The molecule has 1 aliphatic carbocycles. The molecule has 1 atom stereocenters. The number of carbonyl (C=O) groups is 2. The van der Waals surface area contributed by atoms with Crippen molar-refractivity contribution >= 4 is 28.2 Å². The van der Waals surface area contributed by atoms with E-state index in [9.17, 15) is 9.59 Å². The van der Waals surface area contributed by atoms with E-state index < -0.39 is 5.92 Å². The second-order valence-corrected chi connectivity index (χ2v) is 7.38. The largest absolute Gasteiger partial charge is 0.338 e. The minimum Gasteiger partial charge on any atom is -0.338 e. The molecule has 5 heteroatoms. The maximum Gasteiger partial charge on any atom is 0.319 e. The minimum atomic E-state index is -0.424. The van der Waals surface area contributed by atoms with E-state index in [0.29, 0.717) is 18.7 Å². The molecule has 28 heavy (non-hydrogen) atoms. The highest BCUT2D eigenvalue weighted by molar-refractivity contribution is 9.09. The first-order chi connectivity index (χ1) is 13.6. The normalized spacial score (nSPS) is 22.8. The van der Waals surface area contributed by atoms with Gasteiger partial charge in [0, 0.05) is 17.6 Å². The van der Waals surface area contributed by atoms with Gasteiger partial charge in [-0.25, -0.2) is 4.79 Å². The van der Waals surface area contributed by atoms with E-state index in [4.69, 9.17) is 0 Å². The number of alkyl halides is 1. The lowest BCUT2D eigenvalue weighted by atomic mass is 10.1. The first-order valence-electron chi connectivity index (χ1n) is 10.0. The Bertz CT molecular complexity index is 645. The van der Waals surface area contributed by atoms with Gasteiger partial charge >= 0.3 is 6.03 Å². The summed E-state index contributed by atoms with van der Waals surface area (Å²) >= 11 is 3.47. The van der Waals surface area contributed by atoms with Crippen LogP contribution in [0.3, 0.4) is 0 Å². The van der Waals surface area contributed by atoms with Gasteiger partial charge in [0.05, 0.1) is 5.92 Å². The Labute approximate surface area is 178 Å². The maximum atomic E-state index is 12.2. The average Bonchev–Trinajstić information content (AvgIpc) is 2.78. The van der Waals surface area contributed by atoms with E-state index in [1.54, 1.807) is 0 Å². The average molecular weight is 449 g/mol. The molecule has 0 fully saturated rings. The predicted octanol–water partition coefficient (Wildman–Crippen LogP) is 5.74. The molecule has 1 aliphatic rings. The number of urea groups is 1. The number of aldehydes is 1. The van der Waals surface area contributed by atoms with Crippen LogP contribution in [-0.4, -0.2) is 24.2 Å². The van der Waals surface area contributed by atoms with Crippen LogP contribution in [0.25, 0.3) is 0 Å². The van der Waals surface area contributed by atoms with Crippen LogP contribution in [0.5, 0.6) is 0 Å². The first kappa shape index (κ1) is 24.2. The number of allylic oxidation sites excluding steroid dienone is 8. The van der Waals surface area contributed by atoms with Crippen LogP contribution >= 0.6 is 15.9 Å². The van der Waals surface area contributed by atoms with Gasteiger partial charge in [0.1, 0.15) is 6.29 Å². The molecule has 1 unspecified atom stereocenters. The van der Waals surface area contributed by atoms with E-state index in [1.165, 1.54) is 11.1 Å². The Kier molecular flexibility index (Phi) is 13.0. The lowest BCUT2D eigenvalue weighted by Gasteiger charge is -2.14. The summed E-state index contributed by atoms with van der Waals surface area (Å²) in [4.78, 5) is 23.7. The summed E-state index contributed by atoms with van der Waals surface area (Å²) < 4.78 is 0. The van der Waals surface area contributed by atoms with E-state index >= 15 is 0 Å². The van der Waals surface area contributed by atoms with Crippen molar-refractivity contribution in [1.29, 1.82) is 0 Å². The molecule has 2 amide bonds. The maximum absolute atomic E-state index is 12.2. The summed E-state index contributed by atoms with van der Waals surface area (Å²) in [6, 6.07) is -0.269. The molecule has 0 aliphatic heterocycles. The van der Waals surface area contributed by atoms with Crippen molar-refractivity contribution in [3.05, 3.63) is 59.4 Å². The zero-order valence-electron chi connectivity index (χ0n) is 17.0. The van der Waals surface area contributed by atoms with Crippen LogP contribution in [0.2, 0.25) is 0 Å². The van der Waals surface area contributed by atoms with Gasteiger partial charge in [0.2, 0.25) is 0 Å². The number of amides is 2. The molecule has 0 spiro atoms. The molecule has 0 radical (unpaired) electrons. The molecule has 0 aromatic rings. The van der Waals surface area contributed by atoms with Gasteiger partial charge in [-0.05, 0) is 45.4 Å².